The molecule has 4 rings (SSSR count). The predicted molar refractivity (Wildman–Crippen MR) is 106 cm³/mol. The lowest BCUT2D eigenvalue weighted by Crippen LogP contribution is -2.35. The highest BCUT2D eigenvalue weighted by molar-refractivity contribution is 6.36. The van der Waals surface area contributed by atoms with Gasteiger partial charge in [0.05, 0.1) is 29.0 Å². The van der Waals surface area contributed by atoms with E-state index in [2.05, 4.69) is 20.9 Å². The Kier molecular flexibility index (Phi) is 4.74. The number of nitrogens with zero attached hydrogens (tertiary/aromatic N) is 1. The summed E-state index contributed by atoms with van der Waals surface area (Å²) in [5, 5.41) is 21.1. The maximum absolute atomic E-state index is 12.6. The number of nitro benzene ring substituents is 1. The van der Waals surface area contributed by atoms with Gasteiger partial charge in [-0.3, -0.25) is 14.9 Å². The molecule has 2 aliphatic heterocycles. The first kappa shape index (κ1) is 18.1. The largest absolute Gasteiger partial charge is 0.495 e. The number of fused-ring (bicyclic) bond motifs is 1. The normalized spacial score (nSPS) is 18.0. The molecule has 0 atom stereocenters. The molecule has 0 unspecified atom stereocenters. The van der Waals surface area contributed by atoms with Gasteiger partial charge in [-0.05, 0) is 44.1 Å². The average Bonchev–Trinajstić information content (AvgIpc) is 3.27. The summed E-state index contributed by atoms with van der Waals surface area (Å²) in [6.45, 7) is 1.69. The van der Waals surface area contributed by atoms with Gasteiger partial charge in [-0.25, -0.2) is 0 Å². The number of rotatable bonds is 5. The molecule has 0 spiro atoms. The quantitative estimate of drug-likeness (QED) is 0.358. The summed E-state index contributed by atoms with van der Waals surface area (Å²) in [5.74, 6) is 0.285. The van der Waals surface area contributed by atoms with Gasteiger partial charge >= 0.3 is 0 Å². The molecule has 146 valence electrons. The van der Waals surface area contributed by atoms with Crippen LogP contribution in [0.3, 0.4) is 0 Å². The fourth-order valence-corrected chi connectivity index (χ4v) is 3.69. The molecular weight excluding hydrogens is 362 g/mol. The van der Waals surface area contributed by atoms with Crippen LogP contribution in [0.15, 0.2) is 24.4 Å². The minimum absolute atomic E-state index is 0.0434. The van der Waals surface area contributed by atoms with Gasteiger partial charge in [0, 0.05) is 23.9 Å². The van der Waals surface area contributed by atoms with E-state index < -0.39 is 4.92 Å². The lowest BCUT2D eigenvalue weighted by Gasteiger charge is -2.25. The molecule has 3 heterocycles. The van der Waals surface area contributed by atoms with Crippen molar-refractivity contribution in [2.24, 2.45) is 0 Å². The highest BCUT2D eigenvalue weighted by Gasteiger charge is 2.33. The number of ether oxygens (including phenoxy) is 1. The molecule has 2 aliphatic rings. The lowest BCUT2D eigenvalue weighted by atomic mass is 9.99. The van der Waals surface area contributed by atoms with Gasteiger partial charge in [0.1, 0.15) is 11.4 Å². The van der Waals surface area contributed by atoms with Crippen LogP contribution in [-0.4, -0.2) is 42.1 Å². The monoisotopic (exact) mass is 383 g/mol. The topological polar surface area (TPSA) is 121 Å². The predicted octanol–water partition coefficient (Wildman–Crippen LogP) is 2.59. The summed E-state index contributed by atoms with van der Waals surface area (Å²) in [5.41, 5.74) is 2.40. The minimum atomic E-state index is -0.417. The third-order valence-corrected chi connectivity index (χ3v) is 5.08. The summed E-state index contributed by atoms with van der Waals surface area (Å²) in [6, 6.07) is 4.86. The molecule has 1 aromatic heterocycles. The molecule has 1 fully saturated rings. The second-order valence-electron chi connectivity index (χ2n) is 6.78. The highest BCUT2D eigenvalue weighted by Crippen LogP contribution is 2.44. The number of anilines is 2. The second kappa shape index (κ2) is 7.35. The van der Waals surface area contributed by atoms with Crippen molar-refractivity contribution in [1.29, 1.82) is 0 Å². The van der Waals surface area contributed by atoms with E-state index >= 15 is 0 Å². The molecule has 28 heavy (non-hydrogen) atoms. The van der Waals surface area contributed by atoms with E-state index in [0.717, 1.165) is 25.9 Å². The molecule has 1 aromatic carbocycles. The van der Waals surface area contributed by atoms with Crippen LogP contribution < -0.4 is 20.7 Å². The number of benzene rings is 1. The van der Waals surface area contributed by atoms with Crippen LogP contribution in [0.2, 0.25) is 0 Å². The zero-order chi connectivity index (χ0) is 19.7. The third-order valence-electron chi connectivity index (χ3n) is 5.08. The first-order chi connectivity index (χ1) is 13.6. The Bertz CT molecular complexity index is 959. The SMILES string of the molecule is COc1cc[nH]c1/C=C1\C(=O)Nc2ccc([N+](=O)[O-])c(NC3CCNCC3)c21. The van der Waals surface area contributed by atoms with Gasteiger partial charge < -0.3 is 25.7 Å². The molecule has 0 bridgehead atoms. The van der Waals surface area contributed by atoms with Gasteiger partial charge in [0.2, 0.25) is 0 Å². The Morgan fingerprint density at radius 1 is 1.29 bits per heavy atom. The van der Waals surface area contributed by atoms with Gasteiger partial charge in [0.25, 0.3) is 11.6 Å². The van der Waals surface area contributed by atoms with Crippen LogP contribution in [0.4, 0.5) is 17.1 Å². The third kappa shape index (κ3) is 3.20. The van der Waals surface area contributed by atoms with Gasteiger partial charge in [0.15, 0.2) is 0 Å². The van der Waals surface area contributed by atoms with Crippen molar-refractivity contribution in [3.8, 4) is 5.75 Å². The Labute approximate surface area is 161 Å². The number of carbonyl (C=O) groups excluding carboxylic acids is 1. The van der Waals surface area contributed by atoms with Crippen molar-refractivity contribution in [3.63, 3.8) is 0 Å². The van der Waals surface area contributed by atoms with Crippen molar-refractivity contribution < 1.29 is 14.5 Å². The second-order valence-corrected chi connectivity index (χ2v) is 6.78. The summed E-state index contributed by atoms with van der Waals surface area (Å²) in [6.07, 6.45) is 5.08. The number of nitro groups is 1. The number of aromatic amines is 1. The Hall–Kier alpha value is -3.33. The number of methoxy groups -OCH3 is 1. The highest BCUT2D eigenvalue weighted by atomic mass is 16.6. The van der Waals surface area contributed by atoms with Crippen LogP contribution in [0.5, 0.6) is 5.75 Å². The van der Waals surface area contributed by atoms with Gasteiger partial charge in [-0.1, -0.05) is 0 Å². The number of H-pyrrole nitrogens is 1. The molecule has 1 amide bonds. The zero-order valence-electron chi connectivity index (χ0n) is 15.4. The van der Waals surface area contributed by atoms with Crippen LogP contribution in [0, 0.1) is 10.1 Å². The summed E-state index contributed by atoms with van der Waals surface area (Å²) in [7, 11) is 1.54. The van der Waals surface area contributed by atoms with E-state index in [1.54, 1.807) is 31.5 Å². The number of hydrogen-bond donors (Lipinski definition) is 4. The van der Waals surface area contributed by atoms with E-state index in [1.165, 1.54) is 6.07 Å². The number of amides is 1. The number of nitrogens with one attached hydrogen (secondary N) is 4. The number of hydrogen-bond acceptors (Lipinski definition) is 6. The van der Waals surface area contributed by atoms with Crippen molar-refractivity contribution in [2.45, 2.75) is 18.9 Å². The Balaban J connectivity index is 1.83. The van der Waals surface area contributed by atoms with Crippen molar-refractivity contribution in [1.82, 2.24) is 10.3 Å². The summed E-state index contributed by atoms with van der Waals surface area (Å²) < 4.78 is 5.29. The molecular formula is C19H21N5O4. The maximum Gasteiger partial charge on any atom is 0.293 e. The fraction of sp³-hybridized carbons (Fsp3) is 0.316. The lowest BCUT2D eigenvalue weighted by molar-refractivity contribution is -0.384. The molecule has 0 radical (unpaired) electrons. The average molecular weight is 383 g/mol. The summed E-state index contributed by atoms with van der Waals surface area (Å²) >= 11 is 0. The Morgan fingerprint density at radius 3 is 2.79 bits per heavy atom. The van der Waals surface area contributed by atoms with E-state index in [1.807, 2.05) is 0 Å². The molecule has 4 N–H and O–H groups in total. The van der Waals surface area contributed by atoms with Crippen molar-refractivity contribution in [2.75, 3.05) is 30.8 Å². The standard InChI is InChI=1S/C19H21N5O4/c1-28-16-6-9-21-14(16)10-12-17-13(23-19(12)25)2-3-15(24(26)27)18(17)22-11-4-7-20-8-5-11/h2-3,6,9-11,20-22H,4-5,7-8H2,1H3,(H,23,25)/b12-10-. The molecule has 0 aliphatic carbocycles. The molecule has 9 nitrogen and oxygen atoms in total. The smallest absolute Gasteiger partial charge is 0.293 e. The zero-order valence-corrected chi connectivity index (χ0v) is 15.4. The molecule has 9 heteroatoms. The van der Waals surface area contributed by atoms with Crippen molar-refractivity contribution in [3.05, 3.63) is 45.8 Å². The first-order valence-corrected chi connectivity index (χ1v) is 9.12. The fourth-order valence-electron chi connectivity index (χ4n) is 3.69. The number of carbonyl (C=O) groups is 1. The van der Waals surface area contributed by atoms with Crippen LogP contribution in [0.25, 0.3) is 11.6 Å². The van der Waals surface area contributed by atoms with Crippen LogP contribution in [0.1, 0.15) is 24.1 Å². The van der Waals surface area contributed by atoms with Gasteiger partial charge in [-0.2, -0.15) is 0 Å². The van der Waals surface area contributed by atoms with E-state index in [4.69, 9.17) is 4.74 Å². The minimum Gasteiger partial charge on any atom is -0.495 e. The molecule has 0 saturated carbocycles. The van der Waals surface area contributed by atoms with E-state index in [0.29, 0.717) is 34.0 Å². The number of piperidine rings is 1. The Morgan fingerprint density at radius 2 is 2.07 bits per heavy atom. The maximum atomic E-state index is 12.6. The van der Waals surface area contributed by atoms with E-state index in [9.17, 15) is 14.9 Å². The number of aromatic nitrogens is 1. The van der Waals surface area contributed by atoms with Crippen LogP contribution in [-0.2, 0) is 4.79 Å². The van der Waals surface area contributed by atoms with Crippen molar-refractivity contribution >= 4 is 34.6 Å². The molecule has 1 saturated heterocycles. The van der Waals surface area contributed by atoms with Gasteiger partial charge in [-0.15, -0.1) is 0 Å². The van der Waals surface area contributed by atoms with Crippen LogP contribution >= 0.6 is 0 Å². The first-order valence-electron chi connectivity index (χ1n) is 9.12. The molecule has 2 aromatic rings. The summed E-state index contributed by atoms with van der Waals surface area (Å²) in [4.78, 5) is 26.9. The van der Waals surface area contributed by atoms with E-state index in [-0.39, 0.29) is 17.6 Å².